The van der Waals surface area contributed by atoms with Crippen LogP contribution in [0.15, 0.2) is 40.8 Å². The number of nitrogen functional groups attached to an aromatic ring is 1. The van der Waals surface area contributed by atoms with Crippen LogP contribution in [-0.4, -0.2) is 10.1 Å². The van der Waals surface area contributed by atoms with Crippen LogP contribution in [0, 0.1) is 0 Å². The Morgan fingerprint density at radius 1 is 1.22 bits per heavy atom. The summed E-state index contributed by atoms with van der Waals surface area (Å²) in [4.78, 5) is 4.28. The third kappa shape index (κ3) is 1.67. The van der Waals surface area contributed by atoms with Gasteiger partial charge < -0.3 is 15.3 Å². The van der Waals surface area contributed by atoms with Gasteiger partial charge >= 0.3 is 0 Å². The Balaban J connectivity index is 2.22. The van der Waals surface area contributed by atoms with Gasteiger partial charge in [-0.15, -0.1) is 0 Å². The van der Waals surface area contributed by atoms with Gasteiger partial charge in [0.1, 0.15) is 5.52 Å². The lowest BCUT2D eigenvalue weighted by atomic mass is 10.2. The number of hydrogen-bond donors (Lipinski definition) is 2. The Kier molecular flexibility index (Phi) is 2.38. The molecule has 0 aliphatic carbocycles. The second-order valence-corrected chi connectivity index (χ2v) is 4.31. The molecule has 2 aromatic carbocycles. The van der Waals surface area contributed by atoms with E-state index in [1.165, 1.54) is 0 Å². The lowest BCUT2D eigenvalue weighted by Crippen LogP contribution is -1.87. The number of para-hydroxylation sites is 1. The molecule has 4 nitrogen and oxygen atoms in total. The summed E-state index contributed by atoms with van der Waals surface area (Å²) < 4.78 is 5.56. The van der Waals surface area contributed by atoms with E-state index in [4.69, 9.17) is 21.8 Å². The molecule has 3 aromatic rings. The molecule has 0 radical (unpaired) electrons. The van der Waals surface area contributed by atoms with Crippen LogP contribution in [0.5, 0.6) is 5.75 Å². The molecule has 0 atom stereocenters. The molecule has 18 heavy (non-hydrogen) atoms. The molecule has 0 bridgehead atoms. The molecule has 0 spiro atoms. The number of benzene rings is 2. The van der Waals surface area contributed by atoms with Crippen molar-refractivity contribution < 1.29 is 9.52 Å². The van der Waals surface area contributed by atoms with Crippen molar-refractivity contribution in [1.29, 1.82) is 0 Å². The number of phenolic OH excluding ortho intramolecular Hbond substituents is 1. The Bertz CT molecular complexity index is 737. The number of aromatic hydroxyl groups is 1. The third-order valence-electron chi connectivity index (χ3n) is 2.65. The van der Waals surface area contributed by atoms with E-state index in [0.717, 1.165) is 0 Å². The number of fused-ring (bicyclic) bond motifs is 1. The summed E-state index contributed by atoms with van der Waals surface area (Å²) in [6.45, 7) is 0. The van der Waals surface area contributed by atoms with Gasteiger partial charge in [-0.2, -0.15) is 0 Å². The van der Waals surface area contributed by atoms with Crippen LogP contribution in [-0.2, 0) is 0 Å². The number of aromatic nitrogens is 1. The molecular weight excluding hydrogens is 252 g/mol. The van der Waals surface area contributed by atoms with Crippen LogP contribution >= 0.6 is 11.6 Å². The Morgan fingerprint density at radius 3 is 2.89 bits per heavy atom. The summed E-state index contributed by atoms with van der Waals surface area (Å²) in [6, 6.07) is 10.2. The minimum Gasteiger partial charge on any atom is -0.505 e. The number of nitrogens with zero attached hydrogens (tertiary/aromatic N) is 1. The van der Waals surface area contributed by atoms with E-state index in [0.29, 0.717) is 27.6 Å². The van der Waals surface area contributed by atoms with E-state index in [2.05, 4.69) is 4.98 Å². The molecule has 3 N–H and O–H groups in total. The smallest absolute Gasteiger partial charge is 0.231 e. The molecule has 0 aliphatic heterocycles. The van der Waals surface area contributed by atoms with E-state index in [-0.39, 0.29) is 11.4 Å². The van der Waals surface area contributed by atoms with Crippen LogP contribution in [0.25, 0.3) is 22.6 Å². The molecule has 0 saturated carbocycles. The van der Waals surface area contributed by atoms with Crippen molar-refractivity contribution in [3.63, 3.8) is 0 Å². The van der Waals surface area contributed by atoms with Crippen molar-refractivity contribution in [2.24, 2.45) is 0 Å². The van der Waals surface area contributed by atoms with Gasteiger partial charge in [0.25, 0.3) is 0 Å². The van der Waals surface area contributed by atoms with E-state index in [1.807, 2.05) is 0 Å². The van der Waals surface area contributed by atoms with E-state index in [9.17, 15) is 5.11 Å². The zero-order valence-electron chi connectivity index (χ0n) is 9.22. The molecule has 0 aliphatic rings. The van der Waals surface area contributed by atoms with Crippen LogP contribution in [0.1, 0.15) is 0 Å². The first kappa shape index (κ1) is 10.9. The molecule has 0 fully saturated rings. The van der Waals surface area contributed by atoms with Crippen molar-refractivity contribution in [3.05, 3.63) is 41.4 Å². The van der Waals surface area contributed by atoms with Crippen molar-refractivity contribution in [1.82, 2.24) is 4.98 Å². The van der Waals surface area contributed by atoms with Gasteiger partial charge in [-0.1, -0.05) is 17.7 Å². The number of halogens is 1. The summed E-state index contributed by atoms with van der Waals surface area (Å²) in [5.41, 5.74) is 7.63. The molecule has 0 unspecified atom stereocenters. The quantitative estimate of drug-likeness (QED) is 0.519. The van der Waals surface area contributed by atoms with Gasteiger partial charge in [0.2, 0.25) is 5.89 Å². The van der Waals surface area contributed by atoms with Gasteiger partial charge in [-0.05, 0) is 30.3 Å². The largest absolute Gasteiger partial charge is 0.505 e. The second-order valence-electron chi connectivity index (χ2n) is 3.87. The maximum absolute atomic E-state index is 9.88. The summed E-state index contributed by atoms with van der Waals surface area (Å²) in [6.07, 6.45) is 0. The van der Waals surface area contributed by atoms with E-state index in [1.54, 1.807) is 36.4 Å². The molecular formula is C13H9ClN2O2. The number of rotatable bonds is 1. The van der Waals surface area contributed by atoms with Crippen LogP contribution in [0.4, 0.5) is 5.69 Å². The van der Waals surface area contributed by atoms with Crippen molar-refractivity contribution >= 4 is 28.4 Å². The number of phenols is 1. The van der Waals surface area contributed by atoms with Gasteiger partial charge in [-0.25, -0.2) is 4.98 Å². The Morgan fingerprint density at radius 2 is 2.06 bits per heavy atom. The number of oxazole rings is 1. The zero-order chi connectivity index (χ0) is 12.7. The maximum Gasteiger partial charge on any atom is 0.231 e. The number of hydrogen-bond acceptors (Lipinski definition) is 4. The SMILES string of the molecule is Nc1cccc(-c2nc3cc(Cl)ccc3o2)c1O. The Hall–Kier alpha value is -2.20. The summed E-state index contributed by atoms with van der Waals surface area (Å²) >= 11 is 5.88. The molecule has 3 rings (SSSR count). The van der Waals surface area contributed by atoms with Gasteiger partial charge in [-0.3, -0.25) is 0 Å². The fraction of sp³-hybridized carbons (Fsp3) is 0. The highest BCUT2D eigenvalue weighted by atomic mass is 35.5. The average Bonchev–Trinajstić information content (AvgIpc) is 2.75. The lowest BCUT2D eigenvalue weighted by molar-refractivity contribution is 0.476. The van der Waals surface area contributed by atoms with Crippen LogP contribution < -0.4 is 5.73 Å². The van der Waals surface area contributed by atoms with Crippen LogP contribution in [0.2, 0.25) is 5.02 Å². The van der Waals surface area contributed by atoms with Gasteiger partial charge in [0, 0.05) is 5.02 Å². The molecule has 1 heterocycles. The third-order valence-corrected chi connectivity index (χ3v) is 2.88. The topological polar surface area (TPSA) is 72.3 Å². The molecule has 1 aromatic heterocycles. The molecule has 90 valence electrons. The number of nitrogens with two attached hydrogens (primary N) is 1. The maximum atomic E-state index is 9.88. The monoisotopic (exact) mass is 260 g/mol. The highest BCUT2D eigenvalue weighted by Crippen LogP contribution is 2.35. The minimum atomic E-state index is -0.0323. The van der Waals surface area contributed by atoms with E-state index >= 15 is 0 Å². The first-order valence-electron chi connectivity index (χ1n) is 5.29. The van der Waals surface area contributed by atoms with Crippen LogP contribution in [0.3, 0.4) is 0 Å². The van der Waals surface area contributed by atoms with E-state index < -0.39 is 0 Å². The summed E-state index contributed by atoms with van der Waals surface area (Å²) in [5.74, 6) is 0.284. The highest BCUT2D eigenvalue weighted by Gasteiger charge is 2.13. The van der Waals surface area contributed by atoms with Gasteiger partial charge in [0.15, 0.2) is 11.3 Å². The molecule has 0 saturated heterocycles. The minimum absolute atomic E-state index is 0.0323. The molecule has 5 heteroatoms. The van der Waals surface area contributed by atoms with Crippen molar-refractivity contribution in [2.75, 3.05) is 5.73 Å². The first-order valence-corrected chi connectivity index (χ1v) is 5.67. The fourth-order valence-corrected chi connectivity index (χ4v) is 1.92. The lowest BCUT2D eigenvalue weighted by Gasteiger charge is -2.02. The number of anilines is 1. The predicted molar refractivity (Wildman–Crippen MR) is 70.5 cm³/mol. The predicted octanol–water partition coefficient (Wildman–Crippen LogP) is 3.44. The zero-order valence-corrected chi connectivity index (χ0v) is 9.98. The molecule has 0 amide bonds. The first-order chi connectivity index (χ1) is 8.65. The van der Waals surface area contributed by atoms with Gasteiger partial charge in [0.05, 0.1) is 11.3 Å². The summed E-state index contributed by atoms with van der Waals surface area (Å²) in [5, 5.41) is 10.5. The summed E-state index contributed by atoms with van der Waals surface area (Å²) in [7, 11) is 0. The van der Waals surface area contributed by atoms with Crippen molar-refractivity contribution in [3.8, 4) is 17.2 Å². The fourth-order valence-electron chi connectivity index (χ4n) is 1.75. The Labute approximate surface area is 108 Å². The highest BCUT2D eigenvalue weighted by molar-refractivity contribution is 6.31. The van der Waals surface area contributed by atoms with Crippen molar-refractivity contribution in [2.45, 2.75) is 0 Å². The second kappa shape index (κ2) is 3.92. The normalized spacial score (nSPS) is 10.9. The standard InChI is InChI=1S/C13H9ClN2O2/c14-7-4-5-11-10(6-7)16-13(18-11)8-2-1-3-9(15)12(8)17/h1-6,17H,15H2. The average molecular weight is 261 g/mol.